The molecule has 0 aliphatic heterocycles. The molecular formula is C37H54O8. The van der Waals surface area contributed by atoms with Gasteiger partial charge in [0.25, 0.3) is 0 Å². The zero-order valence-electron chi connectivity index (χ0n) is 28.7. The molecule has 0 bridgehead atoms. The number of ether oxygens (including phenoxy) is 4. The number of rotatable bonds is 17. The van der Waals surface area contributed by atoms with Crippen molar-refractivity contribution >= 4 is 23.9 Å². The molecule has 0 aliphatic rings. The molecule has 45 heavy (non-hydrogen) atoms. The lowest BCUT2D eigenvalue weighted by molar-refractivity contribution is 0.0496. The van der Waals surface area contributed by atoms with E-state index in [9.17, 15) is 19.2 Å². The fourth-order valence-corrected chi connectivity index (χ4v) is 4.63. The van der Waals surface area contributed by atoms with E-state index >= 15 is 0 Å². The molecule has 0 amide bonds. The Morgan fingerprint density at radius 2 is 0.800 bits per heavy atom. The van der Waals surface area contributed by atoms with Gasteiger partial charge in [0, 0.05) is 0 Å². The summed E-state index contributed by atoms with van der Waals surface area (Å²) in [4.78, 5) is 47.2. The molecule has 8 heteroatoms. The zero-order valence-corrected chi connectivity index (χ0v) is 28.7. The van der Waals surface area contributed by atoms with Crippen LogP contribution in [0.25, 0.3) is 0 Å². The van der Waals surface area contributed by atoms with E-state index in [1.807, 2.05) is 27.7 Å². The molecule has 0 unspecified atom stereocenters. The van der Waals surface area contributed by atoms with Crippen molar-refractivity contribution in [1.82, 2.24) is 0 Å². The molecule has 0 spiro atoms. The van der Waals surface area contributed by atoms with Crippen LogP contribution in [-0.4, -0.2) is 51.8 Å². The van der Waals surface area contributed by atoms with Crippen LogP contribution in [-0.2, 0) is 18.9 Å². The number of esters is 4. The summed E-state index contributed by atoms with van der Waals surface area (Å²) in [5.41, 5.74) is 3.35. The fraction of sp³-hybridized carbons (Fsp3) is 0.568. The Morgan fingerprint density at radius 1 is 0.489 bits per heavy atom. The third-order valence-electron chi connectivity index (χ3n) is 7.47. The number of carbonyl (C=O) groups is 4. The van der Waals surface area contributed by atoms with Gasteiger partial charge in [0.05, 0.1) is 50.2 Å². The second-order valence-corrected chi connectivity index (χ2v) is 11.8. The highest BCUT2D eigenvalue weighted by Crippen LogP contribution is 2.21. The van der Waals surface area contributed by atoms with E-state index in [2.05, 4.69) is 16.4 Å². The standard InChI is InChI=1S/C24H38O4.C13H16O4/c1-5-6-7-8-9-10-11-12-13-14-15-28-24(26)22-17-20(19(2)3)16-21(18-22)23(25)27-4;1-8(2)9-5-10(12(14)16-3)7-11(6-9)13(15)17-4/h16-19H,5-15H2,1-4H3;5-8H,1-4H3. The van der Waals surface area contributed by atoms with Crippen LogP contribution in [0, 0.1) is 0 Å². The Balaban J connectivity index is 0.000000507. The first-order chi connectivity index (χ1) is 21.5. The summed E-state index contributed by atoms with van der Waals surface area (Å²) in [5.74, 6) is -1.31. The van der Waals surface area contributed by atoms with Crippen LogP contribution in [0.2, 0.25) is 0 Å². The fourth-order valence-electron chi connectivity index (χ4n) is 4.63. The zero-order chi connectivity index (χ0) is 33.8. The monoisotopic (exact) mass is 626 g/mol. The quantitative estimate of drug-likeness (QED) is 0.0973. The average molecular weight is 627 g/mol. The van der Waals surface area contributed by atoms with Crippen LogP contribution in [0.15, 0.2) is 36.4 Å². The normalized spacial score (nSPS) is 10.6. The van der Waals surface area contributed by atoms with Gasteiger partial charge < -0.3 is 18.9 Å². The lowest BCUT2D eigenvalue weighted by Gasteiger charge is -2.11. The molecule has 2 aromatic rings. The second-order valence-electron chi connectivity index (χ2n) is 11.8. The molecule has 0 aliphatic carbocycles. The van der Waals surface area contributed by atoms with Crippen LogP contribution in [0.1, 0.15) is 163 Å². The molecule has 0 radical (unpaired) electrons. The van der Waals surface area contributed by atoms with E-state index in [-0.39, 0.29) is 17.8 Å². The highest BCUT2D eigenvalue weighted by Gasteiger charge is 2.16. The minimum Gasteiger partial charge on any atom is -0.465 e. The topological polar surface area (TPSA) is 105 Å². The van der Waals surface area contributed by atoms with Crippen LogP contribution in [0.4, 0.5) is 0 Å². The lowest BCUT2D eigenvalue weighted by atomic mass is 9.97. The lowest BCUT2D eigenvalue weighted by Crippen LogP contribution is -2.10. The summed E-state index contributed by atoms with van der Waals surface area (Å²) in [7, 11) is 3.96. The van der Waals surface area contributed by atoms with Crippen molar-refractivity contribution < 1.29 is 38.1 Å². The maximum Gasteiger partial charge on any atom is 0.338 e. The summed E-state index contributed by atoms with van der Waals surface area (Å²) in [6.45, 7) is 10.7. The first-order valence-electron chi connectivity index (χ1n) is 16.2. The van der Waals surface area contributed by atoms with Gasteiger partial charge in [-0.2, -0.15) is 0 Å². The van der Waals surface area contributed by atoms with Gasteiger partial charge in [-0.3, -0.25) is 0 Å². The van der Waals surface area contributed by atoms with Gasteiger partial charge in [-0.25, -0.2) is 19.2 Å². The predicted molar refractivity (Wildman–Crippen MR) is 177 cm³/mol. The van der Waals surface area contributed by atoms with Crippen LogP contribution in [0.5, 0.6) is 0 Å². The van der Waals surface area contributed by atoms with Gasteiger partial charge in [0.1, 0.15) is 0 Å². The first kappa shape index (κ1) is 39.3. The van der Waals surface area contributed by atoms with Crippen molar-refractivity contribution in [3.8, 4) is 0 Å². The number of methoxy groups -OCH3 is 3. The minimum atomic E-state index is -0.461. The average Bonchev–Trinajstić information content (AvgIpc) is 3.05. The summed E-state index contributed by atoms with van der Waals surface area (Å²) in [6.07, 6.45) is 12.4. The minimum absolute atomic E-state index is 0.207. The summed E-state index contributed by atoms with van der Waals surface area (Å²) >= 11 is 0. The van der Waals surface area contributed by atoms with Crippen molar-refractivity contribution in [2.45, 2.75) is 111 Å². The highest BCUT2D eigenvalue weighted by molar-refractivity contribution is 5.96. The number of hydrogen-bond donors (Lipinski definition) is 0. The van der Waals surface area contributed by atoms with E-state index in [4.69, 9.17) is 9.47 Å². The van der Waals surface area contributed by atoms with Gasteiger partial charge in [-0.1, -0.05) is 92.4 Å². The van der Waals surface area contributed by atoms with Crippen molar-refractivity contribution in [2.24, 2.45) is 0 Å². The van der Waals surface area contributed by atoms with Gasteiger partial charge in [-0.15, -0.1) is 0 Å². The summed E-state index contributed by atoms with van der Waals surface area (Å²) in [6, 6.07) is 10.1. The molecule has 0 heterocycles. The highest BCUT2D eigenvalue weighted by atomic mass is 16.5. The number of benzene rings is 2. The summed E-state index contributed by atoms with van der Waals surface area (Å²) < 4.78 is 19.5. The smallest absolute Gasteiger partial charge is 0.338 e. The van der Waals surface area contributed by atoms with E-state index in [0.717, 1.165) is 24.0 Å². The Morgan fingerprint density at radius 3 is 1.11 bits per heavy atom. The SMILES string of the molecule is CCCCCCCCCCCCOC(=O)c1cc(C(=O)OC)cc(C(C)C)c1.COC(=O)c1cc(C(=O)OC)cc(C(C)C)c1. The molecule has 8 nitrogen and oxygen atoms in total. The van der Waals surface area contributed by atoms with E-state index in [1.54, 1.807) is 30.3 Å². The van der Waals surface area contributed by atoms with Crippen LogP contribution >= 0.6 is 0 Å². The van der Waals surface area contributed by atoms with Gasteiger partial charge in [-0.05, 0) is 65.8 Å². The maximum absolute atomic E-state index is 12.4. The van der Waals surface area contributed by atoms with E-state index in [1.165, 1.54) is 78.8 Å². The van der Waals surface area contributed by atoms with Gasteiger partial charge in [0.2, 0.25) is 0 Å². The molecule has 2 aromatic carbocycles. The third-order valence-corrected chi connectivity index (χ3v) is 7.47. The largest absolute Gasteiger partial charge is 0.465 e. The molecule has 250 valence electrons. The molecule has 0 saturated carbocycles. The number of carbonyl (C=O) groups excluding carboxylic acids is 4. The molecule has 0 saturated heterocycles. The molecule has 0 N–H and O–H groups in total. The third kappa shape index (κ3) is 14.8. The van der Waals surface area contributed by atoms with Crippen molar-refractivity contribution in [2.75, 3.05) is 27.9 Å². The van der Waals surface area contributed by atoms with Crippen molar-refractivity contribution in [1.29, 1.82) is 0 Å². The predicted octanol–water partition coefficient (Wildman–Crippen LogP) is 9.06. The van der Waals surface area contributed by atoms with Crippen molar-refractivity contribution in [3.63, 3.8) is 0 Å². The van der Waals surface area contributed by atoms with Crippen LogP contribution in [0.3, 0.4) is 0 Å². The molecule has 0 fully saturated rings. The maximum atomic E-state index is 12.4. The summed E-state index contributed by atoms with van der Waals surface area (Å²) in [5, 5.41) is 0. The Labute approximate surface area is 270 Å². The van der Waals surface area contributed by atoms with Crippen molar-refractivity contribution in [3.05, 3.63) is 69.8 Å². The Kier molecular flexibility index (Phi) is 19.2. The van der Waals surface area contributed by atoms with Gasteiger partial charge in [0.15, 0.2) is 0 Å². The molecule has 0 aromatic heterocycles. The van der Waals surface area contributed by atoms with E-state index < -0.39 is 17.9 Å². The van der Waals surface area contributed by atoms with E-state index in [0.29, 0.717) is 28.9 Å². The second kappa shape index (κ2) is 21.9. The van der Waals surface area contributed by atoms with Crippen LogP contribution < -0.4 is 0 Å². The molecule has 2 rings (SSSR count). The van der Waals surface area contributed by atoms with Gasteiger partial charge >= 0.3 is 23.9 Å². The number of hydrogen-bond acceptors (Lipinski definition) is 8. The first-order valence-corrected chi connectivity index (χ1v) is 16.2. The molecule has 0 atom stereocenters. The number of unbranched alkanes of at least 4 members (excludes halogenated alkanes) is 9. The Hall–Kier alpha value is -3.68. The molecular weight excluding hydrogens is 572 g/mol. The Bertz CT molecular complexity index is 1180.